The summed E-state index contributed by atoms with van der Waals surface area (Å²) < 4.78 is 35.3. The number of aliphatic hydroxyl groups is 1. The molecule has 1 unspecified atom stereocenters. The summed E-state index contributed by atoms with van der Waals surface area (Å²) in [5.74, 6) is 1.22. The molecule has 1 rings (SSSR count). The minimum atomic E-state index is -4.14. The van der Waals surface area contributed by atoms with Gasteiger partial charge >= 0.3 is 6.18 Å². The van der Waals surface area contributed by atoms with Crippen LogP contribution < -0.4 is 0 Å². The Bertz CT molecular complexity index is 151. The Labute approximate surface area is 73.3 Å². The van der Waals surface area contributed by atoms with Crippen molar-refractivity contribution in [3.05, 3.63) is 0 Å². The maximum Gasteiger partial charge on any atom is 0.389 e. The van der Waals surface area contributed by atoms with Gasteiger partial charge in [-0.25, -0.2) is 0 Å². The van der Waals surface area contributed by atoms with Crippen molar-refractivity contribution in [3.8, 4) is 0 Å². The SMILES string of the molecule is OC1(CCC(F)(F)F)CCSC1. The second kappa shape index (κ2) is 3.46. The summed E-state index contributed by atoms with van der Waals surface area (Å²) in [6.07, 6.45) is -4.66. The van der Waals surface area contributed by atoms with Crippen LogP contribution in [0, 0.1) is 0 Å². The van der Waals surface area contributed by atoms with Gasteiger partial charge in [-0.15, -0.1) is 0 Å². The van der Waals surface area contributed by atoms with Crippen LogP contribution in [0.1, 0.15) is 19.3 Å². The second-order valence-corrected chi connectivity index (χ2v) is 4.25. The van der Waals surface area contributed by atoms with Gasteiger partial charge in [-0.05, 0) is 18.6 Å². The highest BCUT2D eigenvalue weighted by molar-refractivity contribution is 7.99. The molecule has 1 saturated heterocycles. The van der Waals surface area contributed by atoms with Crippen LogP contribution in [0.25, 0.3) is 0 Å². The predicted octanol–water partition coefficient (Wildman–Crippen LogP) is 2.20. The molecule has 1 fully saturated rings. The molecule has 1 nitrogen and oxygen atoms in total. The van der Waals surface area contributed by atoms with E-state index in [-0.39, 0.29) is 6.42 Å². The van der Waals surface area contributed by atoms with Crippen molar-refractivity contribution in [2.24, 2.45) is 0 Å². The van der Waals surface area contributed by atoms with Gasteiger partial charge < -0.3 is 5.11 Å². The first kappa shape index (κ1) is 10.2. The number of thioether (sulfide) groups is 1. The lowest BCUT2D eigenvalue weighted by Gasteiger charge is -2.21. The van der Waals surface area contributed by atoms with Gasteiger partial charge in [0.25, 0.3) is 0 Å². The van der Waals surface area contributed by atoms with Gasteiger partial charge in [-0.2, -0.15) is 24.9 Å². The average molecular weight is 200 g/mol. The average Bonchev–Trinajstić information content (AvgIpc) is 2.32. The van der Waals surface area contributed by atoms with E-state index in [4.69, 9.17) is 0 Å². The highest BCUT2D eigenvalue weighted by atomic mass is 32.2. The lowest BCUT2D eigenvalue weighted by Crippen LogP contribution is -2.29. The second-order valence-electron chi connectivity index (χ2n) is 3.14. The molecular formula is C7H11F3OS. The Morgan fingerprint density at radius 3 is 2.50 bits per heavy atom. The molecule has 1 aliphatic rings. The van der Waals surface area contributed by atoms with Gasteiger partial charge in [-0.3, -0.25) is 0 Å². The lowest BCUT2D eigenvalue weighted by atomic mass is 9.97. The Balaban J connectivity index is 2.30. The number of rotatable bonds is 2. The zero-order valence-electron chi connectivity index (χ0n) is 6.52. The van der Waals surface area contributed by atoms with Crippen LogP contribution in [-0.4, -0.2) is 28.4 Å². The van der Waals surface area contributed by atoms with Crippen molar-refractivity contribution < 1.29 is 18.3 Å². The molecule has 0 aliphatic carbocycles. The van der Waals surface area contributed by atoms with Crippen LogP contribution in [0.2, 0.25) is 0 Å². The number of halogens is 3. The zero-order valence-corrected chi connectivity index (χ0v) is 7.34. The van der Waals surface area contributed by atoms with E-state index in [1.165, 1.54) is 11.8 Å². The third-order valence-electron chi connectivity index (χ3n) is 1.96. The van der Waals surface area contributed by atoms with Crippen molar-refractivity contribution in [1.82, 2.24) is 0 Å². The molecule has 72 valence electrons. The third-order valence-corrected chi connectivity index (χ3v) is 3.19. The van der Waals surface area contributed by atoms with Gasteiger partial charge in [-0.1, -0.05) is 0 Å². The number of alkyl halides is 3. The van der Waals surface area contributed by atoms with E-state index in [2.05, 4.69) is 0 Å². The molecule has 0 saturated carbocycles. The van der Waals surface area contributed by atoms with Crippen LogP contribution in [0.3, 0.4) is 0 Å². The molecule has 0 aromatic heterocycles. The maximum absolute atomic E-state index is 11.8. The van der Waals surface area contributed by atoms with E-state index in [1.54, 1.807) is 0 Å². The summed E-state index contributed by atoms with van der Waals surface area (Å²) in [6.45, 7) is 0. The normalized spacial score (nSPS) is 31.0. The van der Waals surface area contributed by atoms with Crippen LogP contribution in [0.4, 0.5) is 13.2 Å². The molecule has 5 heteroatoms. The minimum Gasteiger partial charge on any atom is -0.389 e. The van der Waals surface area contributed by atoms with E-state index >= 15 is 0 Å². The Morgan fingerprint density at radius 2 is 2.08 bits per heavy atom. The molecule has 1 aliphatic heterocycles. The molecular weight excluding hydrogens is 189 g/mol. The van der Waals surface area contributed by atoms with Gasteiger partial charge in [0.15, 0.2) is 0 Å². The fraction of sp³-hybridized carbons (Fsp3) is 1.00. The van der Waals surface area contributed by atoms with E-state index in [0.29, 0.717) is 12.2 Å². The Hall–Kier alpha value is 0.100. The predicted molar refractivity (Wildman–Crippen MR) is 42.2 cm³/mol. The summed E-state index contributed by atoms with van der Waals surface area (Å²) in [7, 11) is 0. The van der Waals surface area contributed by atoms with Crippen LogP contribution in [-0.2, 0) is 0 Å². The summed E-state index contributed by atoms with van der Waals surface area (Å²) in [5, 5.41) is 9.53. The van der Waals surface area contributed by atoms with Crippen LogP contribution >= 0.6 is 11.8 Å². The first-order valence-electron chi connectivity index (χ1n) is 3.78. The molecule has 1 heterocycles. The summed E-state index contributed by atoms with van der Waals surface area (Å²) in [5.41, 5.74) is -1.06. The van der Waals surface area contributed by atoms with Gasteiger partial charge in [0.1, 0.15) is 0 Å². The smallest absolute Gasteiger partial charge is 0.389 e. The maximum atomic E-state index is 11.8. The van der Waals surface area contributed by atoms with E-state index in [1.807, 2.05) is 0 Å². The quantitative estimate of drug-likeness (QED) is 0.737. The fourth-order valence-electron chi connectivity index (χ4n) is 1.17. The highest BCUT2D eigenvalue weighted by Crippen LogP contribution is 2.34. The molecule has 0 radical (unpaired) electrons. The highest BCUT2D eigenvalue weighted by Gasteiger charge is 2.36. The molecule has 1 N–H and O–H groups in total. The minimum absolute atomic E-state index is 0.149. The number of hydrogen-bond acceptors (Lipinski definition) is 2. The van der Waals surface area contributed by atoms with Gasteiger partial charge in [0, 0.05) is 12.2 Å². The summed E-state index contributed by atoms with van der Waals surface area (Å²) in [4.78, 5) is 0. The largest absolute Gasteiger partial charge is 0.389 e. The van der Waals surface area contributed by atoms with Crippen molar-refractivity contribution in [2.45, 2.75) is 31.0 Å². The lowest BCUT2D eigenvalue weighted by molar-refractivity contribution is -0.145. The fourth-order valence-corrected chi connectivity index (χ4v) is 2.51. The van der Waals surface area contributed by atoms with Gasteiger partial charge in [0.2, 0.25) is 0 Å². The van der Waals surface area contributed by atoms with Crippen molar-refractivity contribution in [2.75, 3.05) is 11.5 Å². The van der Waals surface area contributed by atoms with Gasteiger partial charge in [0.05, 0.1) is 5.60 Å². The van der Waals surface area contributed by atoms with E-state index < -0.39 is 18.2 Å². The molecule has 0 aromatic rings. The van der Waals surface area contributed by atoms with Crippen molar-refractivity contribution in [3.63, 3.8) is 0 Å². The first-order valence-corrected chi connectivity index (χ1v) is 4.94. The van der Waals surface area contributed by atoms with Crippen molar-refractivity contribution in [1.29, 1.82) is 0 Å². The topological polar surface area (TPSA) is 20.2 Å². The van der Waals surface area contributed by atoms with E-state index in [9.17, 15) is 18.3 Å². The molecule has 1 atom stereocenters. The van der Waals surface area contributed by atoms with Crippen molar-refractivity contribution >= 4 is 11.8 Å². The standard InChI is InChI=1S/C7H11F3OS/c8-7(9,10)2-1-6(11)3-4-12-5-6/h11H,1-5H2. The van der Waals surface area contributed by atoms with E-state index in [0.717, 1.165) is 5.75 Å². The number of hydrogen-bond donors (Lipinski definition) is 1. The molecule has 0 spiro atoms. The molecule has 0 bridgehead atoms. The summed E-state index contributed by atoms with van der Waals surface area (Å²) in [6, 6.07) is 0. The molecule has 12 heavy (non-hydrogen) atoms. The third kappa shape index (κ3) is 3.23. The summed E-state index contributed by atoms with van der Waals surface area (Å²) >= 11 is 1.51. The molecule has 0 aromatic carbocycles. The first-order chi connectivity index (χ1) is 5.41. The Morgan fingerprint density at radius 1 is 1.42 bits per heavy atom. The van der Waals surface area contributed by atoms with Crippen LogP contribution in [0.5, 0.6) is 0 Å². The zero-order chi connectivity index (χ0) is 9.24. The Kier molecular flexibility index (Phi) is 2.93. The monoisotopic (exact) mass is 200 g/mol. The molecule has 0 amide bonds. The van der Waals surface area contributed by atoms with Crippen LogP contribution in [0.15, 0.2) is 0 Å².